The van der Waals surface area contributed by atoms with Crippen LogP contribution in [0.4, 0.5) is 0 Å². The predicted octanol–water partition coefficient (Wildman–Crippen LogP) is 2.54. The molecule has 0 aromatic heterocycles. The van der Waals surface area contributed by atoms with E-state index < -0.39 is 0 Å². The average molecular weight is 249 g/mol. The van der Waals surface area contributed by atoms with E-state index in [1.807, 2.05) is 25.1 Å². The van der Waals surface area contributed by atoms with Crippen molar-refractivity contribution >= 4 is 11.8 Å². The first-order chi connectivity index (χ1) is 8.38. The molecular weight excluding hydrogens is 230 g/mol. The van der Waals surface area contributed by atoms with Crippen LogP contribution in [0.15, 0.2) is 24.3 Å². The van der Waals surface area contributed by atoms with Crippen molar-refractivity contribution < 1.29 is 4.74 Å². The summed E-state index contributed by atoms with van der Waals surface area (Å²) in [6.07, 6.45) is 5.18. The highest BCUT2D eigenvalue weighted by Gasteiger charge is 2.00. The van der Waals surface area contributed by atoms with Crippen LogP contribution >= 0.6 is 11.8 Å². The van der Waals surface area contributed by atoms with Crippen molar-refractivity contribution in [2.45, 2.75) is 13.5 Å². The second-order valence-electron chi connectivity index (χ2n) is 3.47. The van der Waals surface area contributed by atoms with Gasteiger partial charge < -0.3 is 10.1 Å². The first kappa shape index (κ1) is 14.0. The molecule has 2 nitrogen and oxygen atoms in total. The number of rotatable bonds is 8. The van der Waals surface area contributed by atoms with Gasteiger partial charge in [0.1, 0.15) is 5.75 Å². The highest BCUT2D eigenvalue weighted by molar-refractivity contribution is 7.99. The summed E-state index contributed by atoms with van der Waals surface area (Å²) in [5.74, 6) is 5.42. The maximum atomic E-state index is 5.56. The summed E-state index contributed by atoms with van der Waals surface area (Å²) in [5.41, 5.74) is 1.20. The van der Waals surface area contributed by atoms with Gasteiger partial charge in [0.2, 0.25) is 0 Å². The van der Waals surface area contributed by atoms with Crippen LogP contribution in [-0.2, 0) is 6.54 Å². The summed E-state index contributed by atoms with van der Waals surface area (Å²) >= 11 is 1.77. The molecule has 0 saturated heterocycles. The molecule has 0 spiro atoms. The van der Waals surface area contributed by atoms with E-state index in [4.69, 9.17) is 11.2 Å². The highest BCUT2D eigenvalue weighted by atomic mass is 32.2. The Balaban J connectivity index is 2.28. The van der Waals surface area contributed by atoms with Crippen LogP contribution in [0.1, 0.15) is 12.5 Å². The molecule has 0 bridgehead atoms. The third-order valence-electron chi connectivity index (χ3n) is 2.20. The number of hydrogen-bond donors (Lipinski definition) is 1. The van der Waals surface area contributed by atoms with Gasteiger partial charge in [0.15, 0.2) is 0 Å². The normalized spacial score (nSPS) is 9.88. The molecule has 0 unspecified atom stereocenters. The van der Waals surface area contributed by atoms with Gasteiger partial charge in [-0.25, -0.2) is 0 Å². The van der Waals surface area contributed by atoms with Crippen molar-refractivity contribution in [1.29, 1.82) is 0 Å². The molecule has 0 aliphatic rings. The Morgan fingerprint density at radius 1 is 1.41 bits per heavy atom. The lowest BCUT2D eigenvalue weighted by molar-refractivity contribution is 0.335. The van der Waals surface area contributed by atoms with Crippen molar-refractivity contribution in [2.24, 2.45) is 0 Å². The van der Waals surface area contributed by atoms with Gasteiger partial charge in [-0.1, -0.05) is 24.1 Å². The molecule has 1 rings (SSSR count). The Kier molecular flexibility index (Phi) is 7.37. The highest BCUT2D eigenvalue weighted by Crippen LogP contribution is 2.17. The Morgan fingerprint density at radius 3 is 3.00 bits per heavy atom. The molecule has 0 amide bonds. The van der Waals surface area contributed by atoms with Gasteiger partial charge >= 0.3 is 0 Å². The molecule has 0 aliphatic carbocycles. The average Bonchev–Trinajstić information content (AvgIpc) is 2.36. The fourth-order valence-electron chi connectivity index (χ4n) is 1.44. The summed E-state index contributed by atoms with van der Waals surface area (Å²) in [4.78, 5) is 0. The fraction of sp³-hybridized carbons (Fsp3) is 0.429. The Morgan fingerprint density at radius 2 is 2.24 bits per heavy atom. The second kappa shape index (κ2) is 8.98. The quantitative estimate of drug-likeness (QED) is 0.565. The summed E-state index contributed by atoms with van der Waals surface area (Å²) in [5, 5.41) is 3.39. The smallest absolute Gasteiger partial charge is 0.123 e. The Labute approximate surface area is 108 Å². The number of nitrogens with one attached hydrogen (secondary N) is 1. The summed E-state index contributed by atoms with van der Waals surface area (Å²) in [7, 11) is 0. The zero-order valence-electron chi connectivity index (χ0n) is 10.2. The Bertz CT molecular complexity index is 359. The van der Waals surface area contributed by atoms with Gasteiger partial charge in [0, 0.05) is 24.4 Å². The summed E-state index contributed by atoms with van der Waals surface area (Å²) in [6, 6.07) is 8.13. The van der Waals surface area contributed by atoms with Crippen molar-refractivity contribution in [2.75, 3.05) is 24.7 Å². The monoisotopic (exact) mass is 249 g/mol. The maximum Gasteiger partial charge on any atom is 0.123 e. The predicted molar refractivity (Wildman–Crippen MR) is 75.5 cm³/mol. The molecule has 1 N–H and O–H groups in total. The molecule has 0 aliphatic heterocycles. The van der Waals surface area contributed by atoms with Crippen LogP contribution in [0, 0.1) is 12.3 Å². The molecule has 0 heterocycles. The number of para-hydroxylation sites is 1. The first-order valence-corrected chi connectivity index (χ1v) is 6.96. The zero-order chi connectivity index (χ0) is 12.3. The molecule has 3 heteroatoms. The summed E-state index contributed by atoms with van der Waals surface area (Å²) < 4.78 is 5.56. The minimum atomic E-state index is 0.703. The fourth-order valence-corrected chi connectivity index (χ4v) is 2.00. The molecule has 1 aromatic rings. The van der Waals surface area contributed by atoms with E-state index in [0.717, 1.165) is 30.3 Å². The second-order valence-corrected chi connectivity index (χ2v) is 4.58. The van der Waals surface area contributed by atoms with Crippen molar-refractivity contribution in [1.82, 2.24) is 5.32 Å². The van der Waals surface area contributed by atoms with E-state index in [2.05, 4.69) is 17.3 Å². The van der Waals surface area contributed by atoms with Gasteiger partial charge in [0.05, 0.1) is 12.4 Å². The van der Waals surface area contributed by atoms with Crippen molar-refractivity contribution in [3.8, 4) is 18.1 Å². The van der Waals surface area contributed by atoms with Crippen LogP contribution in [0.2, 0.25) is 0 Å². The third-order valence-corrected chi connectivity index (χ3v) is 3.06. The topological polar surface area (TPSA) is 21.3 Å². The molecule has 0 fully saturated rings. The number of thioether (sulfide) groups is 1. The molecule has 1 aromatic carbocycles. The standard InChI is InChI=1S/C14H19NOS/c1-3-10-17-11-9-15-12-13-7-5-6-8-14(13)16-4-2/h1,5-8,15H,4,9-12H2,2H3. The van der Waals surface area contributed by atoms with E-state index in [9.17, 15) is 0 Å². The van der Waals surface area contributed by atoms with Gasteiger partial charge in [0.25, 0.3) is 0 Å². The van der Waals surface area contributed by atoms with E-state index in [-0.39, 0.29) is 0 Å². The minimum absolute atomic E-state index is 0.703. The molecule has 92 valence electrons. The number of benzene rings is 1. The van der Waals surface area contributed by atoms with Crippen LogP contribution in [0.5, 0.6) is 5.75 Å². The van der Waals surface area contributed by atoms with E-state index in [1.165, 1.54) is 5.56 Å². The van der Waals surface area contributed by atoms with Crippen molar-refractivity contribution in [3.05, 3.63) is 29.8 Å². The SMILES string of the molecule is C#CCSCCNCc1ccccc1OCC. The number of ether oxygens (including phenoxy) is 1. The molecule has 0 radical (unpaired) electrons. The van der Waals surface area contributed by atoms with Gasteiger partial charge in [-0.15, -0.1) is 18.2 Å². The van der Waals surface area contributed by atoms with Crippen LogP contribution in [-0.4, -0.2) is 24.7 Å². The van der Waals surface area contributed by atoms with E-state index >= 15 is 0 Å². The van der Waals surface area contributed by atoms with Crippen LogP contribution in [0.3, 0.4) is 0 Å². The molecule has 0 atom stereocenters. The largest absolute Gasteiger partial charge is 0.494 e. The molecule has 17 heavy (non-hydrogen) atoms. The number of terminal acetylenes is 1. The molecular formula is C14H19NOS. The third kappa shape index (κ3) is 5.67. The minimum Gasteiger partial charge on any atom is -0.494 e. The lowest BCUT2D eigenvalue weighted by atomic mass is 10.2. The summed E-state index contributed by atoms with van der Waals surface area (Å²) in [6.45, 7) is 4.51. The Hall–Kier alpha value is -1.11. The van der Waals surface area contributed by atoms with Gasteiger partial charge in [-0.05, 0) is 13.0 Å². The van der Waals surface area contributed by atoms with E-state index in [1.54, 1.807) is 11.8 Å². The van der Waals surface area contributed by atoms with Crippen LogP contribution < -0.4 is 10.1 Å². The lowest BCUT2D eigenvalue weighted by Gasteiger charge is -2.10. The molecule has 0 saturated carbocycles. The zero-order valence-corrected chi connectivity index (χ0v) is 11.1. The first-order valence-electron chi connectivity index (χ1n) is 5.81. The van der Waals surface area contributed by atoms with E-state index in [0.29, 0.717) is 6.61 Å². The van der Waals surface area contributed by atoms with Gasteiger partial charge in [-0.3, -0.25) is 0 Å². The van der Waals surface area contributed by atoms with Crippen LogP contribution in [0.25, 0.3) is 0 Å². The van der Waals surface area contributed by atoms with Crippen molar-refractivity contribution in [3.63, 3.8) is 0 Å². The maximum absolute atomic E-state index is 5.56. The lowest BCUT2D eigenvalue weighted by Crippen LogP contribution is -2.17. The van der Waals surface area contributed by atoms with Gasteiger partial charge in [-0.2, -0.15) is 0 Å². The number of hydrogen-bond acceptors (Lipinski definition) is 3.